The van der Waals surface area contributed by atoms with Crippen molar-refractivity contribution in [2.24, 2.45) is 0 Å². The van der Waals surface area contributed by atoms with E-state index in [9.17, 15) is 0 Å². The third kappa shape index (κ3) is 1.96. The van der Waals surface area contributed by atoms with E-state index in [1.165, 1.54) is 0 Å². The number of hydrogen-bond acceptors (Lipinski definition) is 2. The number of imidazole rings is 1. The van der Waals surface area contributed by atoms with Crippen molar-refractivity contribution < 1.29 is 4.74 Å². The van der Waals surface area contributed by atoms with Crippen molar-refractivity contribution in [1.82, 2.24) is 9.55 Å². The van der Waals surface area contributed by atoms with E-state index in [4.69, 9.17) is 16.3 Å². The van der Waals surface area contributed by atoms with Crippen molar-refractivity contribution in [3.63, 3.8) is 0 Å². The molecular weight excluding hydrogens is 224 g/mol. The Morgan fingerprint density at radius 3 is 3.12 bits per heavy atom. The summed E-state index contributed by atoms with van der Waals surface area (Å²) in [6.07, 6.45) is 4.13. The molecule has 0 unspecified atom stereocenters. The summed E-state index contributed by atoms with van der Waals surface area (Å²) in [6.45, 7) is 1.72. The normalized spacial score (nSPS) is 18.7. The molecule has 1 fully saturated rings. The first kappa shape index (κ1) is 9.87. The zero-order chi connectivity index (χ0) is 11.0. The van der Waals surface area contributed by atoms with Crippen LogP contribution in [0.4, 0.5) is 0 Å². The number of nitrogens with zero attached hydrogens (tertiary/aromatic N) is 2. The van der Waals surface area contributed by atoms with E-state index in [-0.39, 0.29) is 0 Å². The second-order valence-corrected chi connectivity index (χ2v) is 4.31. The Kier molecular flexibility index (Phi) is 2.42. The Morgan fingerprint density at radius 1 is 1.50 bits per heavy atom. The highest BCUT2D eigenvalue weighted by molar-refractivity contribution is 6.30. The second kappa shape index (κ2) is 3.92. The van der Waals surface area contributed by atoms with Crippen LogP contribution in [-0.2, 0) is 11.3 Å². The molecule has 82 valence electrons. The van der Waals surface area contributed by atoms with Crippen molar-refractivity contribution in [3.05, 3.63) is 41.7 Å². The molecule has 1 saturated heterocycles. The van der Waals surface area contributed by atoms with Crippen LogP contribution >= 0.6 is 11.6 Å². The summed E-state index contributed by atoms with van der Waals surface area (Å²) in [5, 5.41) is 0.731. The van der Waals surface area contributed by atoms with E-state index in [2.05, 4.69) is 9.55 Å². The van der Waals surface area contributed by atoms with Crippen molar-refractivity contribution in [2.45, 2.75) is 12.6 Å². The van der Waals surface area contributed by atoms with Crippen LogP contribution in [0.3, 0.4) is 0 Å². The fraction of sp³-hybridized carbons (Fsp3) is 0.250. The van der Waals surface area contributed by atoms with Gasteiger partial charge < -0.3 is 9.30 Å². The van der Waals surface area contributed by atoms with E-state index >= 15 is 0 Å². The van der Waals surface area contributed by atoms with E-state index in [0.717, 1.165) is 29.6 Å². The quantitative estimate of drug-likeness (QED) is 0.765. The number of benzene rings is 1. The van der Waals surface area contributed by atoms with Gasteiger partial charge in [-0.3, -0.25) is 0 Å². The maximum absolute atomic E-state index is 5.97. The molecule has 0 N–H and O–H groups in total. The van der Waals surface area contributed by atoms with Crippen molar-refractivity contribution in [1.29, 1.82) is 0 Å². The van der Waals surface area contributed by atoms with Gasteiger partial charge in [-0.05, 0) is 12.1 Å². The highest BCUT2D eigenvalue weighted by Gasteiger charge is 2.23. The van der Waals surface area contributed by atoms with Gasteiger partial charge in [-0.2, -0.15) is 0 Å². The molecule has 2 heterocycles. The Bertz CT molecular complexity index is 505. The predicted octanol–water partition coefficient (Wildman–Crippen LogP) is 2.60. The summed E-state index contributed by atoms with van der Waals surface area (Å²) in [7, 11) is 0. The molecule has 4 heteroatoms. The van der Waals surface area contributed by atoms with Gasteiger partial charge in [0.2, 0.25) is 0 Å². The van der Waals surface area contributed by atoms with E-state index in [0.29, 0.717) is 6.10 Å². The Balaban J connectivity index is 1.95. The highest BCUT2D eigenvalue weighted by Crippen LogP contribution is 2.23. The molecule has 0 saturated carbocycles. The molecule has 1 aromatic heterocycles. The van der Waals surface area contributed by atoms with Gasteiger partial charge in [0.05, 0.1) is 19.3 Å². The molecule has 0 bridgehead atoms. The Morgan fingerprint density at radius 2 is 2.38 bits per heavy atom. The fourth-order valence-corrected chi connectivity index (χ4v) is 1.93. The summed E-state index contributed by atoms with van der Waals surface area (Å²) >= 11 is 5.97. The van der Waals surface area contributed by atoms with Gasteiger partial charge in [0.1, 0.15) is 5.82 Å². The van der Waals surface area contributed by atoms with Crippen LogP contribution < -0.4 is 0 Å². The number of rotatable bonds is 3. The molecule has 0 radical (unpaired) electrons. The van der Waals surface area contributed by atoms with Gasteiger partial charge in [0, 0.05) is 23.0 Å². The number of epoxide rings is 1. The lowest BCUT2D eigenvalue weighted by atomic mass is 10.2. The van der Waals surface area contributed by atoms with Crippen molar-refractivity contribution in [3.8, 4) is 11.4 Å². The van der Waals surface area contributed by atoms with Crippen LogP contribution in [0.15, 0.2) is 36.7 Å². The molecule has 1 aliphatic rings. The lowest BCUT2D eigenvalue weighted by Gasteiger charge is -2.06. The predicted molar refractivity (Wildman–Crippen MR) is 62.4 cm³/mol. The Labute approximate surface area is 98.6 Å². The van der Waals surface area contributed by atoms with Crippen LogP contribution in [0.5, 0.6) is 0 Å². The summed E-state index contributed by atoms with van der Waals surface area (Å²) in [6, 6.07) is 7.74. The average Bonchev–Trinajstić information content (AvgIpc) is 2.95. The van der Waals surface area contributed by atoms with Gasteiger partial charge in [0.15, 0.2) is 0 Å². The average molecular weight is 235 g/mol. The summed E-state index contributed by atoms with van der Waals surface area (Å²) in [4.78, 5) is 4.36. The molecule has 2 aromatic rings. The molecule has 0 aliphatic carbocycles. The van der Waals surface area contributed by atoms with Gasteiger partial charge >= 0.3 is 0 Å². The minimum absolute atomic E-state index is 0.354. The number of hydrogen-bond donors (Lipinski definition) is 0. The molecular formula is C12H11ClN2O. The third-order valence-corrected chi connectivity index (χ3v) is 2.84. The summed E-state index contributed by atoms with van der Waals surface area (Å²) < 4.78 is 7.32. The molecule has 0 amide bonds. The summed E-state index contributed by atoms with van der Waals surface area (Å²) in [5.41, 5.74) is 1.04. The van der Waals surface area contributed by atoms with Crippen LogP contribution in [0.25, 0.3) is 11.4 Å². The van der Waals surface area contributed by atoms with Crippen molar-refractivity contribution in [2.75, 3.05) is 6.61 Å². The molecule has 1 aromatic carbocycles. The van der Waals surface area contributed by atoms with Crippen LogP contribution in [-0.4, -0.2) is 22.3 Å². The van der Waals surface area contributed by atoms with Crippen LogP contribution in [0.2, 0.25) is 5.02 Å². The zero-order valence-electron chi connectivity index (χ0n) is 8.64. The van der Waals surface area contributed by atoms with Crippen LogP contribution in [0.1, 0.15) is 0 Å². The zero-order valence-corrected chi connectivity index (χ0v) is 9.39. The lowest BCUT2D eigenvalue weighted by Crippen LogP contribution is -2.04. The maximum Gasteiger partial charge on any atom is 0.140 e. The smallest absolute Gasteiger partial charge is 0.140 e. The SMILES string of the molecule is Clc1cccc(-c2nccn2C[C@@H]2CO2)c1. The highest BCUT2D eigenvalue weighted by atomic mass is 35.5. The van der Waals surface area contributed by atoms with E-state index in [1.807, 2.05) is 30.5 Å². The lowest BCUT2D eigenvalue weighted by molar-refractivity contribution is 0.383. The first-order chi connectivity index (χ1) is 7.83. The minimum atomic E-state index is 0.354. The molecule has 16 heavy (non-hydrogen) atoms. The summed E-state index contributed by atoms with van der Waals surface area (Å²) in [5.74, 6) is 0.943. The Hall–Kier alpha value is -1.32. The minimum Gasteiger partial charge on any atom is -0.371 e. The van der Waals surface area contributed by atoms with Gasteiger partial charge in [-0.25, -0.2) is 4.98 Å². The van der Waals surface area contributed by atoms with Gasteiger partial charge in [0.25, 0.3) is 0 Å². The van der Waals surface area contributed by atoms with Crippen molar-refractivity contribution >= 4 is 11.6 Å². The van der Waals surface area contributed by atoms with Gasteiger partial charge in [-0.15, -0.1) is 0 Å². The number of ether oxygens (including phenoxy) is 1. The van der Waals surface area contributed by atoms with Gasteiger partial charge in [-0.1, -0.05) is 23.7 Å². The largest absolute Gasteiger partial charge is 0.371 e. The second-order valence-electron chi connectivity index (χ2n) is 3.87. The van der Waals surface area contributed by atoms with E-state index < -0.39 is 0 Å². The molecule has 1 atom stereocenters. The maximum atomic E-state index is 5.97. The third-order valence-electron chi connectivity index (χ3n) is 2.60. The standard InChI is InChI=1S/C12H11ClN2O/c13-10-3-1-2-9(6-10)12-14-4-5-15(12)7-11-8-16-11/h1-6,11H,7-8H2/t11-/m1/s1. The first-order valence-electron chi connectivity index (χ1n) is 5.21. The van der Waals surface area contributed by atoms with E-state index in [1.54, 1.807) is 6.20 Å². The molecule has 3 rings (SSSR count). The first-order valence-corrected chi connectivity index (χ1v) is 5.59. The topological polar surface area (TPSA) is 30.4 Å². The molecule has 3 nitrogen and oxygen atoms in total. The molecule has 0 spiro atoms. The number of aromatic nitrogens is 2. The number of halogens is 1. The van der Waals surface area contributed by atoms with Crippen LogP contribution in [0, 0.1) is 0 Å². The monoisotopic (exact) mass is 234 g/mol. The fourth-order valence-electron chi connectivity index (χ4n) is 1.74. The molecule has 1 aliphatic heterocycles.